The molecule has 0 spiro atoms. The fourth-order valence-electron chi connectivity index (χ4n) is 2.65. The van der Waals surface area contributed by atoms with Gasteiger partial charge in [0.25, 0.3) is 0 Å². The highest BCUT2D eigenvalue weighted by Gasteiger charge is 2.51. The van der Waals surface area contributed by atoms with Gasteiger partial charge in [0.2, 0.25) is 5.91 Å². The second-order valence-electron chi connectivity index (χ2n) is 5.58. The first kappa shape index (κ1) is 12.9. The molecule has 104 valence electrons. The molecule has 1 N–H and O–H groups in total. The first-order valence-electron chi connectivity index (χ1n) is 7.03. The Morgan fingerprint density at radius 1 is 1.40 bits per heavy atom. The number of imidazole rings is 1. The highest BCUT2D eigenvalue weighted by atomic mass is 16.2. The molecule has 1 aliphatic carbocycles. The Kier molecular flexibility index (Phi) is 3.30. The second kappa shape index (κ2) is 5.12. The molecule has 0 bridgehead atoms. The van der Waals surface area contributed by atoms with E-state index in [9.17, 15) is 4.79 Å². The summed E-state index contributed by atoms with van der Waals surface area (Å²) >= 11 is 0. The van der Waals surface area contributed by atoms with Crippen molar-refractivity contribution < 1.29 is 4.79 Å². The third-order valence-electron chi connectivity index (χ3n) is 3.93. The number of rotatable bonds is 5. The normalized spacial score (nSPS) is 17.4. The quantitative estimate of drug-likeness (QED) is 0.903. The van der Waals surface area contributed by atoms with Crippen LogP contribution >= 0.6 is 0 Å². The summed E-state index contributed by atoms with van der Waals surface area (Å²) in [6.07, 6.45) is 7.32. The number of benzene rings is 1. The van der Waals surface area contributed by atoms with E-state index in [1.807, 2.05) is 48.0 Å². The van der Waals surface area contributed by atoms with Gasteiger partial charge in [0.1, 0.15) is 0 Å². The summed E-state index contributed by atoms with van der Waals surface area (Å²) in [7, 11) is 0. The van der Waals surface area contributed by atoms with Crippen molar-refractivity contribution in [1.82, 2.24) is 14.9 Å². The summed E-state index contributed by atoms with van der Waals surface area (Å²) in [5.74, 6) is 0.149. The van der Waals surface area contributed by atoms with E-state index in [0.29, 0.717) is 0 Å². The van der Waals surface area contributed by atoms with Crippen molar-refractivity contribution >= 4 is 5.91 Å². The van der Waals surface area contributed by atoms with Gasteiger partial charge in [-0.3, -0.25) is 4.79 Å². The molecule has 4 nitrogen and oxygen atoms in total. The standard InChI is InChI=1S/C16H19N3O/c1-13(11-19-10-9-17-12-19)18-15(20)16(7-8-16)14-5-3-2-4-6-14/h2-6,9-10,12-13H,7-8,11H2,1H3,(H,18,20)/t13-/m1/s1. The summed E-state index contributed by atoms with van der Waals surface area (Å²) in [4.78, 5) is 16.5. The maximum absolute atomic E-state index is 12.5. The van der Waals surface area contributed by atoms with E-state index in [0.717, 1.165) is 24.9 Å². The number of nitrogens with zero attached hydrogens (tertiary/aromatic N) is 2. The SMILES string of the molecule is C[C@H](Cn1ccnc1)NC(=O)C1(c2ccccc2)CC1. The number of carbonyl (C=O) groups excluding carboxylic acids is 1. The van der Waals surface area contributed by atoms with Crippen LogP contribution < -0.4 is 5.32 Å². The van der Waals surface area contributed by atoms with Crippen LogP contribution in [-0.4, -0.2) is 21.5 Å². The van der Waals surface area contributed by atoms with Crippen LogP contribution in [0.25, 0.3) is 0 Å². The van der Waals surface area contributed by atoms with Gasteiger partial charge in [0.05, 0.1) is 11.7 Å². The molecule has 2 aromatic rings. The first-order valence-corrected chi connectivity index (χ1v) is 7.03. The highest BCUT2D eigenvalue weighted by molar-refractivity contribution is 5.91. The minimum Gasteiger partial charge on any atom is -0.351 e. The summed E-state index contributed by atoms with van der Waals surface area (Å²) in [6, 6.07) is 10.2. The predicted octanol–water partition coefficient (Wildman–Crippen LogP) is 2.12. The molecular formula is C16H19N3O. The van der Waals surface area contributed by atoms with Crippen molar-refractivity contribution in [3.8, 4) is 0 Å². The molecule has 0 unspecified atom stereocenters. The minimum absolute atomic E-state index is 0.0953. The molecule has 1 amide bonds. The molecule has 4 heteroatoms. The zero-order valence-electron chi connectivity index (χ0n) is 11.6. The van der Waals surface area contributed by atoms with Crippen molar-refractivity contribution in [3.05, 3.63) is 54.6 Å². The zero-order valence-corrected chi connectivity index (χ0v) is 11.6. The second-order valence-corrected chi connectivity index (χ2v) is 5.58. The van der Waals surface area contributed by atoms with Crippen LogP contribution in [0.1, 0.15) is 25.3 Å². The molecule has 3 rings (SSSR count). The van der Waals surface area contributed by atoms with E-state index in [1.165, 1.54) is 0 Å². The summed E-state index contributed by atoms with van der Waals surface area (Å²) in [6.45, 7) is 2.77. The Hall–Kier alpha value is -2.10. The van der Waals surface area contributed by atoms with Gasteiger partial charge >= 0.3 is 0 Å². The van der Waals surface area contributed by atoms with Gasteiger partial charge in [-0.05, 0) is 25.3 Å². The topological polar surface area (TPSA) is 46.9 Å². The maximum Gasteiger partial charge on any atom is 0.230 e. The number of aromatic nitrogens is 2. The number of hydrogen-bond acceptors (Lipinski definition) is 2. The molecule has 1 aromatic heterocycles. The average Bonchev–Trinajstić information content (AvgIpc) is 3.13. The van der Waals surface area contributed by atoms with Crippen molar-refractivity contribution in [1.29, 1.82) is 0 Å². The molecule has 1 atom stereocenters. The molecule has 20 heavy (non-hydrogen) atoms. The van der Waals surface area contributed by atoms with E-state index >= 15 is 0 Å². The molecule has 1 fully saturated rings. The van der Waals surface area contributed by atoms with Crippen molar-refractivity contribution in [2.75, 3.05) is 0 Å². The fourth-order valence-corrected chi connectivity index (χ4v) is 2.65. The zero-order chi connectivity index (χ0) is 14.0. The summed E-state index contributed by atoms with van der Waals surface area (Å²) < 4.78 is 1.98. The monoisotopic (exact) mass is 269 g/mol. The van der Waals surface area contributed by atoms with Crippen LogP contribution in [-0.2, 0) is 16.8 Å². The summed E-state index contributed by atoms with van der Waals surface area (Å²) in [5.41, 5.74) is 0.845. The first-order chi connectivity index (χ1) is 9.71. The summed E-state index contributed by atoms with van der Waals surface area (Å²) in [5, 5.41) is 3.13. The Morgan fingerprint density at radius 2 is 2.15 bits per heavy atom. The lowest BCUT2D eigenvalue weighted by molar-refractivity contribution is -0.124. The molecule has 1 aromatic carbocycles. The molecule has 0 saturated heterocycles. The minimum atomic E-state index is -0.287. The van der Waals surface area contributed by atoms with Crippen LogP contribution in [0.2, 0.25) is 0 Å². The maximum atomic E-state index is 12.5. The third kappa shape index (κ3) is 2.46. The molecule has 1 saturated carbocycles. The Morgan fingerprint density at radius 3 is 2.75 bits per heavy atom. The van der Waals surface area contributed by atoms with E-state index < -0.39 is 0 Å². The van der Waals surface area contributed by atoms with E-state index in [2.05, 4.69) is 10.3 Å². The molecule has 1 aliphatic rings. The van der Waals surface area contributed by atoms with Gasteiger partial charge < -0.3 is 9.88 Å². The van der Waals surface area contributed by atoms with Crippen molar-refractivity contribution in [2.24, 2.45) is 0 Å². The molecule has 0 aliphatic heterocycles. The Bertz CT molecular complexity index is 573. The lowest BCUT2D eigenvalue weighted by Gasteiger charge is -2.20. The number of amides is 1. The third-order valence-corrected chi connectivity index (χ3v) is 3.93. The lowest BCUT2D eigenvalue weighted by atomic mass is 9.95. The van der Waals surface area contributed by atoms with Gasteiger partial charge in [0, 0.05) is 25.0 Å². The van der Waals surface area contributed by atoms with Gasteiger partial charge in [0.15, 0.2) is 0 Å². The van der Waals surface area contributed by atoms with Gasteiger partial charge in [-0.25, -0.2) is 4.98 Å². The van der Waals surface area contributed by atoms with E-state index in [-0.39, 0.29) is 17.4 Å². The van der Waals surface area contributed by atoms with Gasteiger partial charge in [-0.2, -0.15) is 0 Å². The van der Waals surface area contributed by atoms with E-state index in [4.69, 9.17) is 0 Å². The Balaban J connectivity index is 1.65. The molecular weight excluding hydrogens is 250 g/mol. The van der Waals surface area contributed by atoms with Crippen LogP contribution in [0.15, 0.2) is 49.1 Å². The van der Waals surface area contributed by atoms with Gasteiger partial charge in [-0.15, -0.1) is 0 Å². The predicted molar refractivity (Wildman–Crippen MR) is 77.2 cm³/mol. The average molecular weight is 269 g/mol. The molecule has 0 radical (unpaired) electrons. The largest absolute Gasteiger partial charge is 0.351 e. The van der Waals surface area contributed by atoms with Crippen molar-refractivity contribution in [2.45, 2.75) is 37.8 Å². The number of carbonyl (C=O) groups is 1. The molecule has 1 heterocycles. The van der Waals surface area contributed by atoms with Crippen LogP contribution in [0.5, 0.6) is 0 Å². The van der Waals surface area contributed by atoms with E-state index in [1.54, 1.807) is 12.5 Å². The van der Waals surface area contributed by atoms with Gasteiger partial charge in [-0.1, -0.05) is 30.3 Å². The Labute approximate surface area is 118 Å². The van der Waals surface area contributed by atoms with Crippen LogP contribution in [0.3, 0.4) is 0 Å². The highest BCUT2D eigenvalue weighted by Crippen LogP contribution is 2.48. The fraction of sp³-hybridized carbons (Fsp3) is 0.375. The number of nitrogens with one attached hydrogen (secondary N) is 1. The van der Waals surface area contributed by atoms with Crippen LogP contribution in [0.4, 0.5) is 0 Å². The smallest absolute Gasteiger partial charge is 0.230 e. The lowest BCUT2D eigenvalue weighted by Crippen LogP contribution is -2.41. The van der Waals surface area contributed by atoms with Crippen LogP contribution in [0, 0.1) is 0 Å². The van der Waals surface area contributed by atoms with Crippen molar-refractivity contribution in [3.63, 3.8) is 0 Å². The number of hydrogen-bond donors (Lipinski definition) is 1.